The van der Waals surface area contributed by atoms with E-state index in [-0.39, 0.29) is 23.3 Å². The molecule has 1 aromatic rings. The summed E-state index contributed by atoms with van der Waals surface area (Å²) < 4.78 is 0.822. The highest BCUT2D eigenvalue weighted by Crippen LogP contribution is 2.21. The van der Waals surface area contributed by atoms with Gasteiger partial charge in [0.25, 0.3) is 5.91 Å². The minimum absolute atomic E-state index is 0.0529. The van der Waals surface area contributed by atoms with Crippen molar-refractivity contribution in [3.63, 3.8) is 0 Å². The van der Waals surface area contributed by atoms with Crippen LogP contribution >= 0.6 is 34.2 Å². The molecule has 0 aliphatic rings. The summed E-state index contributed by atoms with van der Waals surface area (Å²) in [5.74, 6) is 0.000377. The molecule has 17 heavy (non-hydrogen) atoms. The van der Waals surface area contributed by atoms with Gasteiger partial charge >= 0.3 is 0 Å². The Morgan fingerprint density at radius 2 is 2.18 bits per heavy atom. The van der Waals surface area contributed by atoms with Crippen LogP contribution in [0.15, 0.2) is 18.2 Å². The van der Waals surface area contributed by atoms with Crippen LogP contribution in [0.1, 0.15) is 24.2 Å². The van der Waals surface area contributed by atoms with Crippen LogP contribution < -0.4 is 5.32 Å². The van der Waals surface area contributed by atoms with Gasteiger partial charge in [-0.3, -0.25) is 4.79 Å². The molecule has 2 N–H and O–H groups in total. The number of hydrogen-bond acceptors (Lipinski definition) is 2. The highest BCUT2D eigenvalue weighted by Gasteiger charge is 2.18. The summed E-state index contributed by atoms with van der Waals surface area (Å²) in [7, 11) is 0. The molecule has 0 spiro atoms. The Bertz CT molecular complexity index is 409. The minimum Gasteiger partial charge on any atom is -0.507 e. The Morgan fingerprint density at radius 3 is 2.71 bits per heavy atom. The predicted octanol–water partition coefficient (Wildman–Crippen LogP) is 3.24. The molecule has 3 nitrogen and oxygen atoms in total. The van der Waals surface area contributed by atoms with Crippen molar-refractivity contribution in [1.82, 2.24) is 5.32 Å². The number of nitrogens with one attached hydrogen (secondary N) is 1. The van der Waals surface area contributed by atoms with Gasteiger partial charge < -0.3 is 10.4 Å². The van der Waals surface area contributed by atoms with Crippen LogP contribution in [0.2, 0.25) is 5.02 Å². The number of hydrogen-bond donors (Lipinski definition) is 2. The number of carbonyl (C=O) groups is 1. The van der Waals surface area contributed by atoms with Crippen LogP contribution in [0.5, 0.6) is 5.75 Å². The molecule has 1 atom stereocenters. The quantitative estimate of drug-likeness (QED) is 0.634. The second-order valence-electron chi connectivity index (χ2n) is 4.14. The van der Waals surface area contributed by atoms with E-state index in [1.165, 1.54) is 12.1 Å². The fraction of sp³-hybridized carbons (Fsp3) is 0.417. The standard InChI is InChI=1S/C12H15ClINO2/c1-7(2)10(6-14)15-12(17)9-5-8(13)3-4-11(9)16/h3-5,7,10,16H,6H2,1-2H3,(H,15,17). The SMILES string of the molecule is CC(C)C(CI)NC(=O)c1cc(Cl)ccc1O. The average Bonchev–Trinajstić information content (AvgIpc) is 2.28. The molecule has 94 valence electrons. The molecule has 0 bridgehead atoms. The first-order chi connectivity index (χ1) is 7.95. The molecule has 1 unspecified atom stereocenters. The molecule has 1 aromatic carbocycles. The maximum atomic E-state index is 12.0. The monoisotopic (exact) mass is 367 g/mol. The van der Waals surface area contributed by atoms with Crippen molar-refractivity contribution in [2.75, 3.05) is 4.43 Å². The zero-order valence-electron chi connectivity index (χ0n) is 9.71. The first kappa shape index (κ1) is 14.6. The first-order valence-corrected chi connectivity index (χ1v) is 7.21. The van der Waals surface area contributed by atoms with Gasteiger partial charge in [-0.05, 0) is 24.1 Å². The molecule has 0 aromatic heterocycles. The summed E-state index contributed by atoms with van der Waals surface area (Å²) in [4.78, 5) is 12.0. The van der Waals surface area contributed by atoms with Gasteiger partial charge in [0.15, 0.2) is 0 Å². The second kappa shape index (κ2) is 6.44. The number of phenols is 1. The lowest BCUT2D eigenvalue weighted by Crippen LogP contribution is -2.39. The fourth-order valence-corrected chi connectivity index (χ4v) is 2.73. The van der Waals surface area contributed by atoms with Crippen LogP contribution in [0.25, 0.3) is 0 Å². The van der Waals surface area contributed by atoms with Crippen LogP contribution in [-0.4, -0.2) is 21.5 Å². The Morgan fingerprint density at radius 1 is 1.53 bits per heavy atom. The van der Waals surface area contributed by atoms with Gasteiger partial charge in [0, 0.05) is 15.5 Å². The summed E-state index contributed by atoms with van der Waals surface area (Å²) >= 11 is 8.03. The number of alkyl halides is 1. The van der Waals surface area contributed by atoms with Gasteiger partial charge in [-0.2, -0.15) is 0 Å². The molecule has 0 aliphatic heterocycles. The lowest BCUT2D eigenvalue weighted by atomic mass is 10.1. The van der Waals surface area contributed by atoms with Crippen LogP contribution in [0, 0.1) is 5.92 Å². The third-order valence-electron chi connectivity index (χ3n) is 2.49. The van der Waals surface area contributed by atoms with E-state index in [1.54, 1.807) is 6.07 Å². The third kappa shape index (κ3) is 4.03. The minimum atomic E-state index is -0.291. The van der Waals surface area contributed by atoms with Crippen molar-refractivity contribution in [2.24, 2.45) is 5.92 Å². The summed E-state index contributed by atoms with van der Waals surface area (Å²) in [6.07, 6.45) is 0. The van der Waals surface area contributed by atoms with Crippen molar-refractivity contribution in [1.29, 1.82) is 0 Å². The number of rotatable bonds is 4. The summed E-state index contributed by atoms with van der Waals surface area (Å²) in [6.45, 7) is 4.09. The molecular formula is C12H15ClINO2. The zero-order chi connectivity index (χ0) is 13.0. The van der Waals surface area contributed by atoms with Gasteiger partial charge in [-0.25, -0.2) is 0 Å². The van der Waals surface area contributed by atoms with E-state index in [2.05, 4.69) is 27.9 Å². The Balaban J connectivity index is 2.86. The smallest absolute Gasteiger partial charge is 0.255 e. The van der Waals surface area contributed by atoms with E-state index in [0.29, 0.717) is 10.9 Å². The van der Waals surface area contributed by atoms with E-state index >= 15 is 0 Å². The number of amides is 1. The van der Waals surface area contributed by atoms with Gasteiger partial charge in [0.2, 0.25) is 0 Å². The van der Waals surface area contributed by atoms with Gasteiger partial charge in [0.05, 0.1) is 5.56 Å². The molecule has 0 heterocycles. The molecule has 5 heteroatoms. The van der Waals surface area contributed by atoms with Gasteiger partial charge in [-0.1, -0.05) is 48.0 Å². The normalized spacial score (nSPS) is 12.5. The molecule has 0 fully saturated rings. The topological polar surface area (TPSA) is 49.3 Å². The Kier molecular flexibility index (Phi) is 5.52. The predicted molar refractivity (Wildman–Crippen MR) is 78.1 cm³/mol. The zero-order valence-corrected chi connectivity index (χ0v) is 12.6. The molecule has 1 amide bonds. The number of phenolic OH excluding ortho intramolecular Hbond substituents is 1. The molecule has 0 saturated carbocycles. The van der Waals surface area contributed by atoms with Crippen molar-refractivity contribution in [3.8, 4) is 5.75 Å². The van der Waals surface area contributed by atoms with Gasteiger partial charge in [-0.15, -0.1) is 0 Å². The Labute approximate surface area is 120 Å². The van der Waals surface area contributed by atoms with Crippen molar-refractivity contribution in [2.45, 2.75) is 19.9 Å². The number of benzene rings is 1. The average molecular weight is 368 g/mol. The lowest BCUT2D eigenvalue weighted by molar-refractivity contribution is 0.0929. The Hall–Kier alpha value is -0.490. The number of halogens is 2. The molecule has 0 saturated heterocycles. The largest absolute Gasteiger partial charge is 0.507 e. The third-order valence-corrected chi connectivity index (χ3v) is 3.67. The van der Waals surface area contributed by atoms with Crippen molar-refractivity contribution >= 4 is 40.1 Å². The molecule has 0 aliphatic carbocycles. The highest BCUT2D eigenvalue weighted by atomic mass is 127. The summed E-state index contributed by atoms with van der Waals surface area (Å²) in [6, 6.07) is 4.52. The first-order valence-electron chi connectivity index (χ1n) is 5.31. The van der Waals surface area contributed by atoms with Crippen LogP contribution in [0.4, 0.5) is 0 Å². The molecule has 0 radical (unpaired) electrons. The second-order valence-corrected chi connectivity index (χ2v) is 5.46. The number of carbonyl (C=O) groups excluding carboxylic acids is 1. The highest BCUT2D eigenvalue weighted by molar-refractivity contribution is 14.1. The number of aromatic hydroxyl groups is 1. The summed E-state index contributed by atoms with van der Waals surface area (Å²) in [5, 5.41) is 12.9. The van der Waals surface area contributed by atoms with E-state index in [9.17, 15) is 9.90 Å². The maximum absolute atomic E-state index is 12.0. The van der Waals surface area contributed by atoms with E-state index < -0.39 is 0 Å². The van der Waals surface area contributed by atoms with E-state index in [4.69, 9.17) is 11.6 Å². The lowest BCUT2D eigenvalue weighted by Gasteiger charge is -2.20. The summed E-state index contributed by atoms with van der Waals surface area (Å²) in [5.41, 5.74) is 0.216. The van der Waals surface area contributed by atoms with Crippen LogP contribution in [0.3, 0.4) is 0 Å². The van der Waals surface area contributed by atoms with E-state index in [0.717, 1.165) is 4.43 Å². The van der Waals surface area contributed by atoms with Crippen molar-refractivity contribution < 1.29 is 9.90 Å². The van der Waals surface area contributed by atoms with Crippen molar-refractivity contribution in [3.05, 3.63) is 28.8 Å². The van der Waals surface area contributed by atoms with E-state index in [1.807, 2.05) is 13.8 Å². The molecular weight excluding hydrogens is 352 g/mol. The van der Waals surface area contributed by atoms with Crippen LogP contribution in [-0.2, 0) is 0 Å². The maximum Gasteiger partial charge on any atom is 0.255 e. The fourth-order valence-electron chi connectivity index (χ4n) is 1.32. The van der Waals surface area contributed by atoms with Gasteiger partial charge in [0.1, 0.15) is 5.75 Å². The molecule has 1 rings (SSSR count).